The Balaban J connectivity index is 1.26. The van der Waals surface area contributed by atoms with Crippen molar-refractivity contribution in [2.24, 2.45) is 0 Å². The Labute approximate surface area is 174 Å². The number of carbonyl (C=O) groups excluding carboxylic acids is 1. The van der Waals surface area contributed by atoms with Crippen molar-refractivity contribution < 1.29 is 19.0 Å². The minimum absolute atomic E-state index is 0.0217. The molecule has 160 valence electrons. The molecule has 2 saturated heterocycles. The van der Waals surface area contributed by atoms with Crippen LogP contribution in [0.15, 0.2) is 23.0 Å². The van der Waals surface area contributed by atoms with Crippen LogP contribution in [0.25, 0.3) is 10.9 Å². The van der Waals surface area contributed by atoms with Crippen LogP contribution in [0, 0.1) is 0 Å². The molecule has 8 heteroatoms. The molecule has 8 nitrogen and oxygen atoms in total. The second kappa shape index (κ2) is 8.00. The highest BCUT2D eigenvalue weighted by molar-refractivity contribution is 5.80. The van der Waals surface area contributed by atoms with Crippen LogP contribution in [-0.2, 0) is 27.2 Å². The van der Waals surface area contributed by atoms with Gasteiger partial charge in [-0.2, -0.15) is 0 Å². The van der Waals surface area contributed by atoms with E-state index in [0.29, 0.717) is 62.3 Å². The number of piperidine rings is 1. The lowest BCUT2D eigenvalue weighted by atomic mass is 10.0. The molecule has 1 aromatic carbocycles. The molecular weight excluding hydrogens is 386 g/mol. The van der Waals surface area contributed by atoms with Crippen LogP contribution in [-0.4, -0.2) is 59.1 Å². The molecule has 4 heterocycles. The summed E-state index contributed by atoms with van der Waals surface area (Å²) in [5, 5.41) is 0.543. The first-order valence-electron chi connectivity index (χ1n) is 10.9. The van der Waals surface area contributed by atoms with Gasteiger partial charge >= 0.3 is 0 Å². The van der Waals surface area contributed by atoms with Gasteiger partial charge in [-0.25, -0.2) is 4.98 Å². The Bertz CT molecular complexity index is 1000. The lowest BCUT2D eigenvalue weighted by Crippen LogP contribution is -2.48. The van der Waals surface area contributed by atoms with Gasteiger partial charge in [0.25, 0.3) is 11.5 Å². The maximum Gasteiger partial charge on any atom is 0.261 e. The van der Waals surface area contributed by atoms with Gasteiger partial charge in [-0.15, -0.1) is 0 Å². The number of rotatable bonds is 3. The molecule has 1 aromatic heterocycles. The van der Waals surface area contributed by atoms with Crippen molar-refractivity contribution in [3.05, 3.63) is 34.4 Å². The predicted molar refractivity (Wildman–Crippen MR) is 110 cm³/mol. The highest BCUT2D eigenvalue weighted by Gasteiger charge is 2.40. The van der Waals surface area contributed by atoms with E-state index in [4.69, 9.17) is 14.2 Å². The number of amides is 1. The monoisotopic (exact) mass is 413 g/mol. The Kier molecular flexibility index (Phi) is 5.20. The molecule has 3 aliphatic heterocycles. The number of hydrogen-bond acceptors (Lipinski definition) is 6. The highest BCUT2D eigenvalue weighted by atomic mass is 16.7. The minimum Gasteiger partial charge on any atom is -0.484 e. The van der Waals surface area contributed by atoms with Gasteiger partial charge in [0.15, 0.2) is 12.4 Å². The normalized spacial score (nSPS) is 20.9. The molecule has 0 unspecified atom stereocenters. The highest BCUT2D eigenvalue weighted by Crippen LogP contribution is 2.31. The number of benzene rings is 1. The number of fused-ring (bicyclic) bond motifs is 2. The summed E-state index contributed by atoms with van der Waals surface area (Å²) in [6, 6.07) is 5.30. The second-order valence-electron chi connectivity index (χ2n) is 8.25. The van der Waals surface area contributed by atoms with E-state index in [-0.39, 0.29) is 18.1 Å². The first-order chi connectivity index (χ1) is 14.6. The van der Waals surface area contributed by atoms with E-state index in [1.807, 2.05) is 6.07 Å². The number of aromatic nitrogens is 2. The van der Waals surface area contributed by atoms with Crippen molar-refractivity contribution >= 4 is 16.8 Å². The fourth-order valence-corrected chi connectivity index (χ4v) is 4.61. The average Bonchev–Trinajstić information content (AvgIpc) is 3.08. The predicted octanol–water partition coefficient (Wildman–Crippen LogP) is 1.87. The third-order valence-electron chi connectivity index (χ3n) is 6.34. The number of likely N-dealkylation sites (tertiary alicyclic amines) is 1. The van der Waals surface area contributed by atoms with Crippen molar-refractivity contribution in [1.82, 2.24) is 14.5 Å². The molecule has 2 fully saturated rings. The Morgan fingerprint density at radius 3 is 2.70 bits per heavy atom. The Hall–Kier alpha value is -2.45. The van der Waals surface area contributed by atoms with Crippen LogP contribution in [0.3, 0.4) is 0 Å². The van der Waals surface area contributed by atoms with Gasteiger partial charge in [0.2, 0.25) is 0 Å². The molecular formula is C22H27N3O5. The smallest absolute Gasteiger partial charge is 0.261 e. The van der Waals surface area contributed by atoms with E-state index >= 15 is 0 Å². The summed E-state index contributed by atoms with van der Waals surface area (Å²) in [7, 11) is 0. The van der Waals surface area contributed by atoms with E-state index in [1.54, 1.807) is 21.6 Å². The number of hydrogen-bond donors (Lipinski definition) is 0. The third kappa shape index (κ3) is 3.70. The molecule has 5 rings (SSSR count). The second-order valence-corrected chi connectivity index (χ2v) is 8.25. The lowest BCUT2D eigenvalue weighted by Gasteiger charge is -2.37. The zero-order chi connectivity index (χ0) is 20.6. The van der Waals surface area contributed by atoms with E-state index in [9.17, 15) is 9.59 Å². The summed E-state index contributed by atoms with van der Waals surface area (Å²) >= 11 is 0. The summed E-state index contributed by atoms with van der Waals surface area (Å²) < 4.78 is 19.0. The molecule has 0 bridgehead atoms. The molecule has 30 heavy (non-hydrogen) atoms. The van der Waals surface area contributed by atoms with Gasteiger partial charge in [-0.05, 0) is 31.0 Å². The number of carbonyl (C=O) groups is 1. The summed E-state index contributed by atoms with van der Waals surface area (Å²) in [6.45, 7) is 3.09. The first-order valence-corrected chi connectivity index (χ1v) is 10.9. The van der Waals surface area contributed by atoms with Crippen LogP contribution < -0.4 is 10.3 Å². The van der Waals surface area contributed by atoms with Gasteiger partial charge in [-0.1, -0.05) is 6.42 Å². The molecule has 3 aliphatic rings. The molecule has 0 radical (unpaired) electrons. The number of ether oxygens (including phenoxy) is 3. The van der Waals surface area contributed by atoms with E-state index in [1.165, 1.54) is 0 Å². The van der Waals surface area contributed by atoms with Crippen molar-refractivity contribution in [2.45, 2.75) is 50.9 Å². The third-order valence-corrected chi connectivity index (χ3v) is 6.34. The minimum atomic E-state index is -0.497. The molecule has 1 amide bonds. The van der Waals surface area contributed by atoms with Gasteiger partial charge in [0, 0.05) is 38.9 Å². The van der Waals surface area contributed by atoms with E-state index in [2.05, 4.69) is 4.98 Å². The summed E-state index contributed by atoms with van der Waals surface area (Å²) in [5.74, 6) is 0.815. The molecule has 1 spiro atoms. The molecule has 2 aromatic rings. The fourth-order valence-electron chi connectivity index (χ4n) is 4.61. The van der Waals surface area contributed by atoms with Crippen molar-refractivity contribution in [3.63, 3.8) is 0 Å². The number of nitrogens with zero attached hydrogens (tertiary/aromatic N) is 3. The van der Waals surface area contributed by atoms with Crippen LogP contribution in [0.4, 0.5) is 0 Å². The lowest BCUT2D eigenvalue weighted by molar-refractivity contribution is -0.187. The molecule has 0 atom stereocenters. The summed E-state index contributed by atoms with van der Waals surface area (Å²) in [5.41, 5.74) is 0.663. The quantitative estimate of drug-likeness (QED) is 0.764. The number of aryl methyl sites for hydroxylation is 1. The van der Waals surface area contributed by atoms with Crippen LogP contribution in [0.1, 0.15) is 37.9 Å². The zero-order valence-electron chi connectivity index (χ0n) is 17.1. The van der Waals surface area contributed by atoms with Crippen LogP contribution in [0.5, 0.6) is 5.75 Å². The van der Waals surface area contributed by atoms with Gasteiger partial charge in [0.1, 0.15) is 11.6 Å². The zero-order valence-corrected chi connectivity index (χ0v) is 17.1. The van der Waals surface area contributed by atoms with Crippen molar-refractivity contribution in [2.75, 3.05) is 32.9 Å². The van der Waals surface area contributed by atoms with Gasteiger partial charge in [0.05, 0.1) is 24.1 Å². The van der Waals surface area contributed by atoms with Crippen LogP contribution in [0.2, 0.25) is 0 Å². The van der Waals surface area contributed by atoms with E-state index < -0.39 is 5.79 Å². The van der Waals surface area contributed by atoms with Crippen molar-refractivity contribution in [3.8, 4) is 5.75 Å². The maximum absolute atomic E-state index is 13.0. The largest absolute Gasteiger partial charge is 0.484 e. The summed E-state index contributed by atoms with van der Waals surface area (Å²) in [4.78, 5) is 32.0. The molecule has 0 N–H and O–H groups in total. The standard InChI is InChI=1S/C22H27N3O5/c26-20(24-10-7-22(8-11-24)29-12-13-30-22)15-28-16-5-6-18-17(14-16)21(27)25-9-3-1-2-4-19(25)23-18/h5-6,14H,1-4,7-13,15H2. The van der Waals surface area contributed by atoms with Gasteiger partial charge < -0.3 is 19.1 Å². The first kappa shape index (κ1) is 19.5. The van der Waals surface area contributed by atoms with Gasteiger partial charge in [-0.3, -0.25) is 14.2 Å². The SMILES string of the molecule is O=C(COc1ccc2nc3n(c(=O)c2c1)CCCCC3)N1CCC2(CC1)OCCO2. The average molecular weight is 413 g/mol. The summed E-state index contributed by atoms with van der Waals surface area (Å²) in [6.07, 6.45) is 5.39. The fraction of sp³-hybridized carbons (Fsp3) is 0.591. The molecule has 0 aliphatic carbocycles. The molecule has 0 saturated carbocycles. The Morgan fingerprint density at radius 2 is 1.90 bits per heavy atom. The van der Waals surface area contributed by atoms with E-state index in [0.717, 1.165) is 31.5 Å². The van der Waals surface area contributed by atoms with Crippen LogP contribution >= 0.6 is 0 Å². The maximum atomic E-state index is 13.0. The van der Waals surface area contributed by atoms with Crippen molar-refractivity contribution in [1.29, 1.82) is 0 Å². The Morgan fingerprint density at radius 1 is 1.10 bits per heavy atom. The topological polar surface area (TPSA) is 82.9 Å².